The largest absolute Gasteiger partial charge is 0.339 e. The molecule has 0 aromatic heterocycles. The third kappa shape index (κ3) is 3.55. The lowest BCUT2D eigenvalue weighted by Gasteiger charge is -2.19. The lowest BCUT2D eigenvalue weighted by molar-refractivity contribution is 0.0794. The number of hydrogen-bond donors (Lipinski definition) is 1. The molecule has 2 aromatic carbocycles. The second-order valence-corrected chi connectivity index (χ2v) is 7.92. The van der Waals surface area contributed by atoms with Gasteiger partial charge in [-0.2, -0.15) is 5.26 Å². The number of para-hydroxylation sites is 1. The summed E-state index contributed by atoms with van der Waals surface area (Å²) in [6.45, 7) is 3.14. The van der Waals surface area contributed by atoms with Crippen LogP contribution in [0.5, 0.6) is 0 Å². The zero-order valence-corrected chi connectivity index (χ0v) is 15.2. The summed E-state index contributed by atoms with van der Waals surface area (Å²) in [6.07, 6.45) is 1.92. The predicted octanol–water partition coefficient (Wildman–Crippen LogP) is 2.90. The van der Waals surface area contributed by atoms with Crippen LogP contribution in [0.2, 0.25) is 0 Å². The van der Waals surface area contributed by atoms with Crippen molar-refractivity contribution >= 4 is 21.6 Å². The minimum Gasteiger partial charge on any atom is -0.339 e. The Hall–Kier alpha value is -2.85. The third-order valence-corrected chi connectivity index (χ3v) is 5.79. The molecule has 0 unspecified atom stereocenters. The van der Waals surface area contributed by atoms with Crippen molar-refractivity contribution in [2.75, 3.05) is 17.8 Å². The number of carbonyl (C=O) groups is 1. The molecular formula is C19H19N3O3S. The van der Waals surface area contributed by atoms with Gasteiger partial charge in [-0.25, -0.2) is 8.42 Å². The van der Waals surface area contributed by atoms with E-state index in [0.29, 0.717) is 35.5 Å². The number of anilines is 1. The molecule has 0 bridgehead atoms. The zero-order valence-electron chi connectivity index (χ0n) is 14.4. The molecular weight excluding hydrogens is 350 g/mol. The van der Waals surface area contributed by atoms with E-state index in [4.69, 9.17) is 5.26 Å². The highest BCUT2D eigenvalue weighted by atomic mass is 32.2. The van der Waals surface area contributed by atoms with Crippen molar-refractivity contribution in [3.63, 3.8) is 0 Å². The quantitative estimate of drug-likeness (QED) is 0.897. The molecule has 1 saturated heterocycles. The molecule has 2 aromatic rings. The molecule has 26 heavy (non-hydrogen) atoms. The van der Waals surface area contributed by atoms with Crippen molar-refractivity contribution in [3.8, 4) is 6.07 Å². The Morgan fingerprint density at radius 1 is 1.12 bits per heavy atom. The van der Waals surface area contributed by atoms with Crippen molar-refractivity contribution < 1.29 is 13.2 Å². The van der Waals surface area contributed by atoms with Gasteiger partial charge in [-0.05, 0) is 55.7 Å². The normalized spacial score (nSPS) is 14.1. The van der Waals surface area contributed by atoms with Crippen LogP contribution in [0.1, 0.15) is 34.3 Å². The molecule has 0 saturated carbocycles. The van der Waals surface area contributed by atoms with Crippen molar-refractivity contribution in [2.45, 2.75) is 24.7 Å². The van der Waals surface area contributed by atoms with Crippen LogP contribution in [-0.4, -0.2) is 32.3 Å². The Bertz CT molecular complexity index is 970. The van der Waals surface area contributed by atoms with Gasteiger partial charge in [0, 0.05) is 13.1 Å². The SMILES string of the molecule is Cc1cccc(C(=O)N2CCCC2)c1NS(=O)(=O)c1ccc(C#N)cc1. The summed E-state index contributed by atoms with van der Waals surface area (Å²) in [4.78, 5) is 14.6. The maximum absolute atomic E-state index is 12.8. The molecule has 1 heterocycles. The Balaban J connectivity index is 1.95. The van der Waals surface area contributed by atoms with Gasteiger partial charge in [0.1, 0.15) is 0 Å². The topological polar surface area (TPSA) is 90.3 Å². The Labute approximate surface area is 153 Å². The van der Waals surface area contributed by atoms with Gasteiger partial charge in [-0.3, -0.25) is 9.52 Å². The van der Waals surface area contributed by atoms with Crippen molar-refractivity contribution in [1.82, 2.24) is 4.90 Å². The fourth-order valence-corrected chi connectivity index (χ4v) is 4.13. The van der Waals surface area contributed by atoms with E-state index >= 15 is 0 Å². The molecule has 0 radical (unpaired) electrons. The molecule has 3 rings (SSSR count). The fraction of sp³-hybridized carbons (Fsp3) is 0.263. The summed E-state index contributed by atoms with van der Waals surface area (Å²) in [7, 11) is -3.87. The molecule has 6 nitrogen and oxygen atoms in total. The van der Waals surface area contributed by atoms with Crippen LogP contribution in [-0.2, 0) is 10.0 Å². The Morgan fingerprint density at radius 3 is 2.38 bits per heavy atom. The molecule has 1 amide bonds. The molecule has 1 aliphatic rings. The minimum atomic E-state index is -3.87. The summed E-state index contributed by atoms with van der Waals surface area (Å²) in [5.74, 6) is -0.163. The van der Waals surface area contributed by atoms with Crippen LogP contribution in [0.4, 0.5) is 5.69 Å². The highest BCUT2D eigenvalue weighted by Crippen LogP contribution is 2.26. The molecule has 134 valence electrons. The first-order valence-electron chi connectivity index (χ1n) is 8.34. The maximum Gasteiger partial charge on any atom is 0.261 e. The molecule has 0 atom stereocenters. The van der Waals surface area contributed by atoms with E-state index in [9.17, 15) is 13.2 Å². The van der Waals surface area contributed by atoms with Gasteiger partial charge in [0.25, 0.3) is 15.9 Å². The first kappa shape index (κ1) is 18.0. The molecule has 1 fully saturated rings. The van der Waals surface area contributed by atoms with Gasteiger partial charge in [0.2, 0.25) is 0 Å². The maximum atomic E-state index is 12.8. The number of rotatable bonds is 4. The summed E-state index contributed by atoms with van der Waals surface area (Å²) in [5, 5.41) is 8.85. The molecule has 7 heteroatoms. The Kier molecular flexibility index (Phi) is 4.96. The number of carbonyl (C=O) groups excluding carboxylic acids is 1. The number of nitrogens with one attached hydrogen (secondary N) is 1. The van der Waals surface area contributed by atoms with Crippen molar-refractivity contribution in [1.29, 1.82) is 5.26 Å². The van der Waals surface area contributed by atoms with Crippen molar-refractivity contribution in [3.05, 3.63) is 59.2 Å². The highest BCUT2D eigenvalue weighted by Gasteiger charge is 2.25. The van der Waals surface area contributed by atoms with E-state index in [0.717, 1.165) is 12.8 Å². The van der Waals surface area contributed by atoms with Crippen molar-refractivity contribution in [2.24, 2.45) is 0 Å². The molecule has 0 spiro atoms. The first-order chi connectivity index (χ1) is 12.4. The molecule has 1 aliphatic heterocycles. The Morgan fingerprint density at radius 2 is 1.77 bits per heavy atom. The van der Waals surface area contributed by atoms with Gasteiger partial charge in [0.15, 0.2) is 0 Å². The van der Waals surface area contributed by atoms with E-state index in [1.807, 2.05) is 6.07 Å². The highest BCUT2D eigenvalue weighted by molar-refractivity contribution is 7.92. The lowest BCUT2D eigenvalue weighted by atomic mass is 10.1. The second kappa shape index (κ2) is 7.18. The third-order valence-electron chi connectivity index (χ3n) is 4.43. The monoisotopic (exact) mass is 369 g/mol. The van der Waals surface area contributed by atoms with E-state index in [1.54, 1.807) is 30.0 Å². The van der Waals surface area contributed by atoms with Gasteiger partial charge in [-0.15, -0.1) is 0 Å². The van der Waals surface area contributed by atoms with Crippen LogP contribution in [0.15, 0.2) is 47.4 Å². The zero-order chi connectivity index (χ0) is 18.7. The van der Waals surface area contributed by atoms with Crippen LogP contribution < -0.4 is 4.72 Å². The summed E-state index contributed by atoms with van der Waals surface area (Å²) < 4.78 is 28.0. The van der Waals surface area contributed by atoms with E-state index < -0.39 is 10.0 Å². The number of likely N-dealkylation sites (tertiary alicyclic amines) is 1. The smallest absolute Gasteiger partial charge is 0.261 e. The van der Waals surface area contributed by atoms with E-state index in [1.165, 1.54) is 24.3 Å². The molecule has 1 N–H and O–H groups in total. The van der Waals surface area contributed by atoms with Gasteiger partial charge >= 0.3 is 0 Å². The number of amides is 1. The average Bonchev–Trinajstić information content (AvgIpc) is 3.17. The van der Waals surface area contributed by atoms with E-state index in [2.05, 4.69) is 4.72 Å². The summed E-state index contributed by atoms with van der Waals surface area (Å²) in [5.41, 5.74) is 1.70. The average molecular weight is 369 g/mol. The summed E-state index contributed by atoms with van der Waals surface area (Å²) in [6, 6.07) is 12.8. The summed E-state index contributed by atoms with van der Waals surface area (Å²) >= 11 is 0. The van der Waals surface area contributed by atoms with Gasteiger partial charge < -0.3 is 4.90 Å². The number of nitriles is 1. The lowest BCUT2D eigenvalue weighted by Crippen LogP contribution is -2.29. The standard InChI is InChI=1S/C19H19N3O3S/c1-14-5-4-6-17(19(23)22-11-2-3-12-22)18(14)21-26(24,25)16-9-7-15(13-20)8-10-16/h4-10,21H,2-3,11-12H2,1H3. The number of aryl methyl sites for hydroxylation is 1. The van der Waals surface area contributed by atoms with Crippen LogP contribution in [0.25, 0.3) is 0 Å². The second-order valence-electron chi connectivity index (χ2n) is 6.24. The van der Waals surface area contributed by atoms with Crippen LogP contribution in [0.3, 0.4) is 0 Å². The minimum absolute atomic E-state index is 0.0410. The van der Waals surface area contributed by atoms with E-state index in [-0.39, 0.29) is 10.8 Å². The predicted molar refractivity (Wildman–Crippen MR) is 98.3 cm³/mol. The first-order valence-corrected chi connectivity index (χ1v) is 9.82. The van der Waals surface area contributed by atoms with Gasteiger partial charge in [0.05, 0.1) is 27.8 Å². The van der Waals surface area contributed by atoms with Gasteiger partial charge in [-0.1, -0.05) is 12.1 Å². The number of benzene rings is 2. The fourth-order valence-electron chi connectivity index (χ4n) is 2.97. The number of hydrogen-bond acceptors (Lipinski definition) is 4. The molecule has 0 aliphatic carbocycles. The van der Waals surface area contributed by atoms with Crippen LogP contribution >= 0.6 is 0 Å². The number of sulfonamides is 1. The van der Waals surface area contributed by atoms with Crippen LogP contribution in [0, 0.1) is 18.3 Å². The number of nitrogens with zero attached hydrogens (tertiary/aromatic N) is 2.